The van der Waals surface area contributed by atoms with Crippen molar-refractivity contribution in [1.29, 1.82) is 0 Å². The second-order valence-electron chi connectivity index (χ2n) is 7.59. The van der Waals surface area contributed by atoms with Gasteiger partial charge in [0.25, 0.3) is 0 Å². The normalized spacial score (nSPS) is 14.6. The number of piperazine rings is 1. The zero-order chi connectivity index (χ0) is 22.1. The van der Waals surface area contributed by atoms with Gasteiger partial charge in [-0.15, -0.1) is 24.0 Å². The predicted molar refractivity (Wildman–Crippen MR) is 139 cm³/mol. The number of aliphatic imine (C=N–C) groups is 1. The third-order valence-corrected chi connectivity index (χ3v) is 5.55. The highest BCUT2D eigenvalue weighted by Gasteiger charge is 2.20. The van der Waals surface area contributed by atoms with Crippen molar-refractivity contribution in [2.24, 2.45) is 4.99 Å². The Morgan fingerprint density at radius 1 is 0.938 bits per heavy atom. The van der Waals surface area contributed by atoms with Gasteiger partial charge in [0.2, 0.25) is 0 Å². The number of ether oxygens (including phenoxy) is 3. The van der Waals surface area contributed by atoms with E-state index in [1.54, 1.807) is 21.3 Å². The molecule has 0 unspecified atom stereocenters. The first-order valence-electron chi connectivity index (χ1n) is 10.6. The standard InChI is InChI=1S/C24H34N4O3.HI/c1-25-24(26-16-19-5-7-20(8-6-19)18-29-2)28-13-11-27(12-14-28)17-21-15-22(30-3)9-10-23(21)31-4;/h5-10,15H,11-14,16-18H2,1-4H3,(H,25,26);1H. The minimum atomic E-state index is 0. The summed E-state index contributed by atoms with van der Waals surface area (Å²) in [5.41, 5.74) is 3.55. The van der Waals surface area contributed by atoms with Gasteiger partial charge >= 0.3 is 0 Å². The molecular weight excluding hydrogens is 519 g/mol. The molecule has 3 rings (SSSR count). The van der Waals surface area contributed by atoms with Crippen molar-refractivity contribution in [3.63, 3.8) is 0 Å². The molecule has 0 radical (unpaired) electrons. The SMILES string of the molecule is CN=C(NCc1ccc(COC)cc1)N1CCN(Cc2cc(OC)ccc2OC)CC1.I. The van der Waals surface area contributed by atoms with Crippen molar-refractivity contribution in [2.45, 2.75) is 19.7 Å². The van der Waals surface area contributed by atoms with Crippen molar-refractivity contribution in [3.05, 3.63) is 59.2 Å². The molecule has 0 saturated carbocycles. The van der Waals surface area contributed by atoms with E-state index in [0.29, 0.717) is 6.61 Å². The molecule has 176 valence electrons. The van der Waals surface area contributed by atoms with E-state index in [1.165, 1.54) is 11.1 Å². The number of benzene rings is 2. The molecule has 1 saturated heterocycles. The van der Waals surface area contributed by atoms with Crippen LogP contribution in [0.3, 0.4) is 0 Å². The summed E-state index contributed by atoms with van der Waals surface area (Å²) < 4.78 is 16.1. The van der Waals surface area contributed by atoms with Gasteiger partial charge in [-0.25, -0.2) is 0 Å². The average Bonchev–Trinajstić information content (AvgIpc) is 2.81. The quantitative estimate of drug-likeness (QED) is 0.307. The van der Waals surface area contributed by atoms with Crippen LogP contribution in [0.2, 0.25) is 0 Å². The molecule has 0 amide bonds. The Bertz CT molecular complexity index is 853. The first-order chi connectivity index (χ1) is 15.2. The molecule has 2 aromatic rings. The molecule has 1 aliphatic heterocycles. The molecular formula is C24H35IN4O3. The minimum absolute atomic E-state index is 0. The van der Waals surface area contributed by atoms with Crippen LogP contribution in [0.1, 0.15) is 16.7 Å². The van der Waals surface area contributed by atoms with Crippen LogP contribution in [0, 0.1) is 0 Å². The van der Waals surface area contributed by atoms with Crippen LogP contribution in [0.5, 0.6) is 11.5 Å². The largest absolute Gasteiger partial charge is 0.497 e. The van der Waals surface area contributed by atoms with E-state index >= 15 is 0 Å². The molecule has 1 heterocycles. The van der Waals surface area contributed by atoms with E-state index < -0.39 is 0 Å². The average molecular weight is 554 g/mol. The van der Waals surface area contributed by atoms with Crippen LogP contribution in [-0.2, 0) is 24.4 Å². The smallest absolute Gasteiger partial charge is 0.194 e. The Morgan fingerprint density at radius 2 is 1.62 bits per heavy atom. The lowest BCUT2D eigenvalue weighted by atomic mass is 10.1. The maximum Gasteiger partial charge on any atom is 0.194 e. The summed E-state index contributed by atoms with van der Waals surface area (Å²) in [6, 6.07) is 14.4. The second-order valence-corrected chi connectivity index (χ2v) is 7.59. The van der Waals surface area contributed by atoms with E-state index in [9.17, 15) is 0 Å². The number of rotatable bonds is 8. The van der Waals surface area contributed by atoms with E-state index in [1.807, 2.05) is 19.2 Å². The van der Waals surface area contributed by atoms with Gasteiger partial charge < -0.3 is 24.4 Å². The zero-order valence-electron chi connectivity index (χ0n) is 19.5. The van der Waals surface area contributed by atoms with Crippen molar-refractivity contribution in [3.8, 4) is 11.5 Å². The van der Waals surface area contributed by atoms with Crippen LogP contribution < -0.4 is 14.8 Å². The molecule has 32 heavy (non-hydrogen) atoms. The third kappa shape index (κ3) is 7.25. The van der Waals surface area contributed by atoms with Gasteiger partial charge in [-0.1, -0.05) is 24.3 Å². The minimum Gasteiger partial charge on any atom is -0.497 e. The lowest BCUT2D eigenvalue weighted by Crippen LogP contribution is -2.52. The molecule has 1 N–H and O–H groups in total. The van der Waals surface area contributed by atoms with Gasteiger partial charge in [-0.3, -0.25) is 9.89 Å². The second kappa shape index (κ2) is 13.5. The van der Waals surface area contributed by atoms with Gasteiger partial charge in [0.05, 0.1) is 20.8 Å². The molecule has 0 aromatic heterocycles. The fraction of sp³-hybridized carbons (Fsp3) is 0.458. The van der Waals surface area contributed by atoms with Gasteiger partial charge in [0, 0.05) is 59.0 Å². The maximum atomic E-state index is 5.53. The number of hydrogen-bond donors (Lipinski definition) is 1. The zero-order valence-corrected chi connectivity index (χ0v) is 21.8. The Morgan fingerprint density at radius 3 is 2.22 bits per heavy atom. The third-order valence-electron chi connectivity index (χ3n) is 5.55. The first kappa shape index (κ1) is 26.2. The Labute approximate surface area is 208 Å². The van der Waals surface area contributed by atoms with Crippen molar-refractivity contribution in [2.75, 3.05) is 54.6 Å². The Balaban J connectivity index is 0.00000363. The van der Waals surface area contributed by atoms with E-state index in [0.717, 1.165) is 62.3 Å². The van der Waals surface area contributed by atoms with Crippen LogP contribution in [0.4, 0.5) is 0 Å². The van der Waals surface area contributed by atoms with E-state index in [2.05, 4.69) is 50.4 Å². The monoisotopic (exact) mass is 554 g/mol. The lowest BCUT2D eigenvalue weighted by Gasteiger charge is -2.36. The number of guanidine groups is 1. The van der Waals surface area contributed by atoms with Crippen molar-refractivity contribution < 1.29 is 14.2 Å². The summed E-state index contributed by atoms with van der Waals surface area (Å²) in [4.78, 5) is 9.25. The fourth-order valence-corrected chi connectivity index (χ4v) is 3.80. The molecule has 0 spiro atoms. The number of nitrogens with one attached hydrogen (secondary N) is 1. The summed E-state index contributed by atoms with van der Waals surface area (Å²) in [5.74, 6) is 2.70. The maximum absolute atomic E-state index is 5.53. The van der Waals surface area contributed by atoms with E-state index in [-0.39, 0.29) is 24.0 Å². The topological polar surface area (TPSA) is 58.6 Å². The molecule has 0 atom stereocenters. The Kier molecular flexibility index (Phi) is 11.1. The molecule has 0 aliphatic carbocycles. The fourth-order valence-electron chi connectivity index (χ4n) is 3.80. The summed E-state index contributed by atoms with van der Waals surface area (Å²) in [6.45, 7) is 6.02. The molecule has 7 nitrogen and oxygen atoms in total. The first-order valence-corrected chi connectivity index (χ1v) is 10.6. The summed E-state index contributed by atoms with van der Waals surface area (Å²) >= 11 is 0. The lowest BCUT2D eigenvalue weighted by molar-refractivity contribution is 0.171. The molecule has 1 aliphatic rings. The number of nitrogens with zero attached hydrogens (tertiary/aromatic N) is 3. The number of hydrogen-bond acceptors (Lipinski definition) is 5. The van der Waals surface area contributed by atoms with Gasteiger partial charge in [-0.05, 0) is 29.3 Å². The van der Waals surface area contributed by atoms with Crippen LogP contribution in [0.15, 0.2) is 47.5 Å². The summed E-state index contributed by atoms with van der Waals surface area (Å²) in [5, 5.41) is 3.49. The van der Waals surface area contributed by atoms with Gasteiger partial charge in [-0.2, -0.15) is 0 Å². The number of methoxy groups -OCH3 is 3. The molecule has 0 bridgehead atoms. The number of halogens is 1. The molecule has 8 heteroatoms. The van der Waals surface area contributed by atoms with E-state index in [4.69, 9.17) is 14.2 Å². The predicted octanol–water partition coefficient (Wildman–Crippen LogP) is 3.36. The van der Waals surface area contributed by atoms with Crippen molar-refractivity contribution >= 4 is 29.9 Å². The van der Waals surface area contributed by atoms with Crippen molar-refractivity contribution in [1.82, 2.24) is 15.1 Å². The summed E-state index contributed by atoms with van der Waals surface area (Å²) in [6.07, 6.45) is 0. The van der Waals surface area contributed by atoms with Crippen LogP contribution >= 0.6 is 24.0 Å². The van der Waals surface area contributed by atoms with Crippen LogP contribution in [-0.4, -0.2) is 70.3 Å². The molecule has 1 fully saturated rings. The van der Waals surface area contributed by atoms with Gasteiger partial charge in [0.15, 0.2) is 5.96 Å². The van der Waals surface area contributed by atoms with Gasteiger partial charge in [0.1, 0.15) is 11.5 Å². The van der Waals surface area contributed by atoms with Crippen LogP contribution in [0.25, 0.3) is 0 Å². The Hall–Kier alpha value is -2.04. The highest BCUT2D eigenvalue weighted by molar-refractivity contribution is 14.0. The highest BCUT2D eigenvalue weighted by Crippen LogP contribution is 2.25. The molecule has 2 aromatic carbocycles. The summed E-state index contributed by atoms with van der Waals surface area (Å²) in [7, 11) is 6.96. The highest BCUT2D eigenvalue weighted by atomic mass is 127.